The van der Waals surface area contributed by atoms with Gasteiger partial charge in [-0.15, -0.1) is 0 Å². The largest absolute Gasteiger partial charge is 0.490 e. The second kappa shape index (κ2) is 12.9. The highest BCUT2D eigenvalue weighted by molar-refractivity contribution is 5.96. The van der Waals surface area contributed by atoms with Gasteiger partial charge in [-0.25, -0.2) is 0 Å². The summed E-state index contributed by atoms with van der Waals surface area (Å²) in [4.78, 5) is 26.9. The van der Waals surface area contributed by atoms with Crippen molar-refractivity contribution in [3.05, 3.63) is 84.4 Å². The first kappa shape index (κ1) is 24.6. The van der Waals surface area contributed by atoms with Crippen molar-refractivity contribution in [2.45, 2.75) is 13.8 Å². The summed E-state index contributed by atoms with van der Waals surface area (Å²) in [6.07, 6.45) is 0. The Kier molecular flexibility index (Phi) is 9.34. The Morgan fingerprint density at radius 3 is 2.29 bits per heavy atom. The molecule has 7 heteroatoms. The van der Waals surface area contributed by atoms with Crippen LogP contribution >= 0.6 is 0 Å². The molecule has 0 bridgehead atoms. The highest BCUT2D eigenvalue weighted by Crippen LogP contribution is 2.24. The van der Waals surface area contributed by atoms with Crippen molar-refractivity contribution in [1.82, 2.24) is 4.90 Å². The fourth-order valence-electron chi connectivity index (χ4n) is 3.36. The number of anilines is 2. The minimum atomic E-state index is -0.225. The van der Waals surface area contributed by atoms with Crippen molar-refractivity contribution in [3.63, 3.8) is 0 Å². The highest BCUT2D eigenvalue weighted by Gasteiger charge is 2.13. The van der Waals surface area contributed by atoms with Crippen LogP contribution in [0.3, 0.4) is 0 Å². The Hall–Kier alpha value is -4.00. The molecule has 0 saturated heterocycles. The van der Waals surface area contributed by atoms with Crippen LogP contribution in [0.2, 0.25) is 0 Å². The fourth-order valence-corrected chi connectivity index (χ4v) is 3.36. The third-order valence-corrected chi connectivity index (χ3v) is 5.13. The van der Waals surface area contributed by atoms with Gasteiger partial charge < -0.3 is 25.0 Å². The molecule has 0 aromatic heterocycles. The molecule has 3 aromatic carbocycles. The van der Waals surface area contributed by atoms with Gasteiger partial charge in [-0.1, -0.05) is 36.4 Å². The van der Waals surface area contributed by atoms with Crippen molar-refractivity contribution < 1.29 is 19.1 Å². The van der Waals surface area contributed by atoms with E-state index in [1.54, 1.807) is 35.2 Å². The Balaban J connectivity index is 1.50. The van der Waals surface area contributed by atoms with E-state index in [2.05, 4.69) is 10.6 Å². The maximum atomic E-state index is 12.6. The van der Waals surface area contributed by atoms with Gasteiger partial charge in [-0.2, -0.15) is 0 Å². The molecule has 34 heavy (non-hydrogen) atoms. The lowest BCUT2D eigenvalue weighted by molar-refractivity contribution is -0.114. The van der Waals surface area contributed by atoms with Crippen LogP contribution in [0.25, 0.3) is 0 Å². The van der Waals surface area contributed by atoms with Gasteiger partial charge in [0.1, 0.15) is 24.7 Å². The molecule has 0 radical (unpaired) electrons. The summed E-state index contributed by atoms with van der Waals surface area (Å²) < 4.78 is 11.4. The second-order valence-electron chi connectivity index (χ2n) is 7.47. The smallest absolute Gasteiger partial charge is 0.253 e. The van der Waals surface area contributed by atoms with Crippen LogP contribution < -0.4 is 20.1 Å². The van der Waals surface area contributed by atoms with Gasteiger partial charge in [-0.05, 0) is 56.3 Å². The molecule has 0 fully saturated rings. The third-order valence-electron chi connectivity index (χ3n) is 5.13. The number of hydrogen-bond donors (Lipinski definition) is 2. The molecule has 0 spiro atoms. The summed E-state index contributed by atoms with van der Waals surface area (Å²) in [5.74, 6) is 1.10. The lowest BCUT2D eigenvalue weighted by Gasteiger charge is -2.19. The molecule has 3 aromatic rings. The van der Waals surface area contributed by atoms with Crippen LogP contribution in [0, 0.1) is 0 Å². The van der Waals surface area contributed by atoms with Crippen molar-refractivity contribution in [1.29, 1.82) is 0 Å². The van der Waals surface area contributed by atoms with Gasteiger partial charge >= 0.3 is 0 Å². The summed E-state index contributed by atoms with van der Waals surface area (Å²) in [6.45, 7) is 5.97. The first-order valence-corrected chi connectivity index (χ1v) is 11.4. The van der Waals surface area contributed by atoms with E-state index in [0.717, 1.165) is 5.75 Å². The normalized spacial score (nSPS) is 10.3. The zero-order chi connectivity index (χ0) is 24.2. The zero-order valence-electron chi connectivity index (χ0n) is 19.6. The third kappa shape index (κ3) is 7.27. The molecule has 2 amide bonds. The first-order valence-electron chi connectivity index (χ1n) is 11.4. The molecule has 7 nitrogen and oxygen atoms in total. The average Bonchev–Trinajstić information content (AvgIpc) is 2.88. The number of carbonyl (C=O) groups excluding carboxylic acids is 2. The number of para-hydroxylation sites is 3. The number of rotatable bonds is 12. The predicted molar refractivity (Wildman–Crippen MR) is 135 cm³/mol. The van der Waals surface area contributed by atoms with Crippen LogP contribution in [-0.4, -0.2) is 49.6 Å². The minimum absolute atomic E-state index is 0.0274. The van der Waals surface area contributed by atoms with Gasteiger partial charge in [0.15, 0.2) is 0 Å². The molecule has 0 aliphatic heterocycles. The lowest BCUT2D eigenvalue weighted by atomic mass is 10.1. The summed E-state index contributed by atoms with van der Waals surface area (Å²) in [6, 6.07) is 24.0. The van der Waals surface area contributed by atoms with E-state index in [9.17, 15) is 9.59 Å². The fraction of sp³-hybridized carbons (Fsp3) is 0.259. The number of nitrogens with zero attached hydrogens (tertiary/aromatic N) is 1. The Morgan fingerprint density at radius 2 is 1.53 bits per heavy atom. The van der Waals surface area contributed by atoms with Gasteiger partial charge in [0, 0.05) is 24.3 Å². The number of hydrogen-bond acceptors (Lipinski definition) is 5. The van der Waals surface area contributed by atoms with Gasteiger partial charge in [-0.3, -0.25) is 9.59 Å². The second-order valence-corrected chi connectivity index (χ2v) is 7.47. The van der Waals surface area contributed by atoms with Crippen LogP contribution in [-0.2, 0) is 4.79 Å². The van der Waals surface area contributed by atoms with Crippen molar-refractivity contribution in [2.24, 2.45) is 0 Å². The molecular weight excluding hydrogens is 430 g/mol. The van der Waals surface area contributed by atoms with E-state index >= 15 is 0 Å². The molecule has 0 unspecified atom stereocenters. The number of nitrogens with one attached hydrogen (secondary N) is 2. The number of benzene rings is 3. The van der Waals surface area contributed by atoms with E-state index in [1.807, 2.05) is 62.4 Å². The number of ether oxygens (including phenoxy) is 2. The maximum absolute atomic E-state index is 12.6. The van der Waals surface area contributed by atoms with Crippen LogP contribution in [0.15, 0.2) is 78.9 Å². The minimum Gasteiger partial charge on any atom is -0.490 e. The molecule has 0 aliphatic rings. The molecule has 0 saturated carbocycles. The van der Waals surface area contributed by atoms with E-state index in [0.29, 0.717) is 49.0 Å². The molecule has 3 rings (SSSR count). The van der Waals surface area contributed by atoms with E-state index in [-0.39, 0.29) is 18.4 Å². The average molecular weight is 462 g/mol. The van der Waals surface area contributed by atoms with Crippen molar-refractivity contribution in [2.75, 3.05) is 43.5 Å². The van der Waals surface area contributed by atoms with E-state index < -0.39 is 0 Å². The standard InChI is InChI=1S/C27H31N3O4/c1-3-30(4-2)27(32)21-11-10-12-22(19-21)28-20-26(31)29-24-15-8-9-16-25(24)34-18-17-33-23-13-6-5-7-14-23/h5-16,19,28H,3-4,17-18,20H2,1-2H3,(H,29,31). The predicted octanol–water partition coefficient (Wildman–Crippen LogP) is 4.68. The Labute approximate surface area is 200 Å². The van der Waals surface area contributed by atoms with E-state index in [4.69, 9.17) is 9.47 Å². The molecular formula is C27H31N3O4. The first-order chi connectivity index (χ1) is 16.6. The summed E-state index contributed by atoms with van der Waals surface area (Å²) in [5.41, 5.74) is 1.88. The molecule has 0 aliphatic carbocycles. The van der Waals surface area contributed by atoms with Crippen LogP contribution in [0.4, 0.5) is 11.4 Å². The molecule has 0 heterocycles. The monoisotopic (exact) mass is 461 g/mol. The highest BCUT2D eigenvalue weighted by atomic mass is 16.5. The van der Waals surface area contributed by atoms with Crippen molar-refractivity contribution >= 4 is 23.2 Å². The van der Waals surface area contributed by atoms with E-state index in [1.165, 1.54) is 0 Å². The zero-order valence-corrected chi connectivity index (χ0v) is 19.6. The maximum Gasteiger partial charge on any atom is 0.253 e. The summed E-state index contributed by atoms with van der Waals surface area (Å²) in [5, 5.41) is 5.95. The quantitative estimate of drug-likeness (QED) is 0.383. The summed E-state index contributed by atoms with van der Waals surface area (Å²) >= 11 is 0. The Bertz CT molecular complexity index is 1070. The van der Waals surface area contributed by atoms with Crippen LogP contribution in [0.1, 0.15) is 24.2 Å². The topological polar surface area (TPSA) is 79.9 Å². The Morgan fingerprint density at radius 1 is 0.824 bits per heavy atom. The number of carbonyl (C=O) groups is 2. The number of amides is 2. The van der Waals surface area contributed by atoms with Gasteiger partial charge in [0.25, 0.3) is 5.91 Å². The van der Waals surface area contributed by atoms with Crippen LogP contribution in [0.5, 0.6) is 11.5 Å². The molecule has 178 valence electrons. The van der Waals surface area contributed by atoms with Crippen molar-refractivity contribution in [3.8, 4) is 11.5 Å². The lowest BCUT2D eigenvalue weighted by Crippen LogP contribution is -2.30. The molecule has 0 atom stereocenters. The molecule has 2 N–H and O–H groups in total. The SMILES string of the molecule is CCN(CC)C(=O)c1cccc(NCC(=O)Nc2ccccc2OCCOc2ccccc2)c1. The van der Waals surface area contributed by atoms with Gasteiger partial charge in [0.2, 0.25) is 5.91 Å². The van der Waals surface area contributed by atoms with Gasteiger partial charge in [0.05, 0.1) is 12.2 Å². The summed E-state index contributed by atoms with van der Waals surface area (Å²) in [7, 11) is 0.